The maximum atomic E-state index is 12.0. The van der Waals surface area contributed by atoms with E-state index in [-0.39, 0.29) is 18.5 Å². The molecule has 1 amide bonds. The molecule has 5 nitrogen and oxygen atoms in total. The van der Waals surface area contributed by atoms with Gasteiger partial charge in [-0.25, -0.2) is 0 Å². The van der Waals surface area contributed by atoms with Crippen LogP contribution >= 0.6 is 12.2 Å². The highest BCUT2D eigenvalue weighted by Gasteiger charge is 2.15. The molecule has 0 heterocycles. The van der Waals surface area contributed by atoms with Crippen LogP contribution in [0.4, 0.5) is 5.69 Å². The highest BCUT2D eigenvalue weighted by Crippen LogP contribution is 2.22. The summed E-state index contributed by atoms with van der Waals surface area (Å²) in [5, 5.41) is 2.83. The molecule has 0 fully saturated rings. The molecule has 1 unspecified atom stereocenters. The topological polar surface area (TPSA) is 67.6 Å². The number of nitrogens with one attached hydrogen (secondary N) is 1. The Morgan fingerprint density at radius 2 is 2.15 bits per heavy atom. The number of amides is 1. The van der Waals surface area contributed by atoms with Gasteiger partial charge in [-0.3, -0.25) is 9.69 Å². The van der Waals surface area contributed by atoms with Gasteiger partial charge in [-0.05, 0) is 26.1 Å². The van der Waals surface area contributed by atoms with E-state index >= 15 is 0 Å². The number of methoxy groups -OCH3 is 1. The fourth-order valence-corrected chi connectivity index (χ4v) is 2.01. The second-order valence-corrected chi connectivity index (χ2v) is 5.21. The number of nitrogens with zero attached hydrogens (tertiary/aromatic N) is 1. The molecule has 0 saturated heterocycles. The molecule has 0 bridgehead atoms. The summed E-state index contributed by atoms with van der Waals surface area (Å²) in [6, 6.07) is 7.42. The van der Waals surface area contributed by atoms with E-state index in [1.54, 1.807) is 19.2 Å². The van der Waals surface area contributed by atoms with Crippen LogP contribution in [0.3, 0.4) is 0 Å². The van der Waals surface area contributed by atoms with Gasteiger partial charge in [-0.2, -0.15) is 0 Å². The van der Waals surface area contributed by atoms with Crippen molar-refractivity contribution in [2.75, 3.05) is 26.0 Å². The van der Waals surface area contributed by atoms with Gasteiger partial charge in [0.05, 0.1) is 24.3 Å². The molecule has 1 rings (SSSR count). The quantitative estimate of drug-likeness (QED) is 0.748. The molecule has 0 saturated carbocycles. The fraction of sp³-hybridized carbons (Fsp3) is 0.429. The standard InChI is InChI=1S/C14H21N3O2S/c1-10(8-13(15)20)17(2)9-14(18)16-11-6-4-5-7-12(11)19-3/h4-7,10H,8-9H2,1-3H3,(H2,15,20)(H,16,18). The molecule has 110 valence electrons. The normalized spacial score (nSPS) is 12.0. The molecule has 0 radical (unpaired) electrons. The van der Waals surface area contributed by atoms with Crippen LogP contribution in [0.1, 0.15) is 13.3 Å². The van der Waals surface area contributed by atoms with E-state index in [2.05, 4.69) is 5.32 Å². The first-order valence-corrected chi connectivity index (χ1v) is 6.76. The lowest BCUT2D eigenvalue weighted by Gasteiger charge is -2.23. The summed E-state index contributed by atoms with van der Waals surface area (Å²) in [5.74, 6) is 0.534. The highest BCUT2D eigenvalue weighted by molar-refractivity contribution is 7.80. The predicted octanol–water partition coefficient (Wildman–Crippen LogP) is 1.63. The van der Waals surface area contributed by atoms with Crippen LogP contribution in [0.5, 0.6) is 5.75 Å². The van der Waals surface area contributed by atoms with E-state index in [9.17, 15) is 4.79 Å². The van der Waals surface area contributed by atoms with E-state index in [0.29, 0.717) is 22.8 Å². The molecule has 0 aliphatic heterocycles. The van der Waals surface area contributed by atoms with Gasteiger partial charge in [0.1, 0.15) is 5.75 Å². The van der Waals surface area contributed by atoms with Crippen molar-refractivity contribution in [3.05, 3.63) is 24.3 Å². The van der Waals surface area contributed by atoms with Crippen LogP contribution < -0.4 is 15.8 Å². The maximum Gasteiger partial charge on any atom is 0.238 e. The molecule has 6 heteroatoms. The predicted molar refractivity (Wildman–Crippen MR) is 85.1 cm³/mol. The molecule has 0 aliphatic rings. The van der Waals surface area contributed by atoms with Crippen molar-refractivity contribution in [2.24, 2.45) is 5.73 Å². The van der Waals surface area contributed by atoms with Gasteiger partial charge >= 0.3 is 0 Å². The molecule has 3 N–H and O–H groups in total. The third-order valence-corrected chi connectivity index (χ3v) is 3.19. The van der Waals surface area contributed by atoms with Gasteiger partial charge in [0.25, 0.3) is 0 Å². The SMILES string of the molecule is COc1ccccc1NC(=O)CN(C)C(C)CC(N)=S. The van der Waals surface area contributed by atoms with Crippen molar-refractivity contribution >= 4 is 28.8 Å². The van der Waals surface area contributed by atoms with Crippen LogP contribution in [0, 0.1) is 0 Å². The number of thiocarbonyl (C=S) groups is 1. The van der Waals surface area contributed by atoms with Gasteiger partial charge in [0, 0.05) is 12.5 Å². The number of para-hydroxylation sites is 2. The Kier molecular flexibility index (Phi) is 6.41. The molecule has 1 aromatic rings. The lowest BCUT2D eigenvalue weighted by Crippen LogP contribution is -2.38. The second-order valence-electron chi connectivity index (χ2n) is 4.68. The molecule has 0 spiro atoms. The summed E-state index contributed by atoms with van der Waals surface area (Å²) in [6.07, 6.45) is 0.591. The molecule has 0 aromatic heterocycles. The third-order valence-electron chi connectivity index (χ3n) is 3.02. The summed E-state index contributed by atoms with van der Waals surface area (Å²) >= 11 is 4.88. The van der Waals surface area contributed by atoms with E-state index in [1.807, 2.05) is 31.0 Å². The Balaban J connectivity index is 2.57. The Morgan fingerprint density at radius 3 is 2.75 bits per heavy atom. The number of rotatable bonds is 7. The van der Waals surface area contributed by atoms with Crippen molar-refractivity contribution in [3.8, 4) is 5.75 Å². The molecular formula is C14H21N3O2S. The minimum atomic E-state index is -0.105. The van der Waals surface area contributed by atoms with E-state index in [1.165, 1.54) is 0 Å². The second kappa shape index (κ2) is 7.81. The van der Waals surface area contributed by atoms with Crippen molar-refractivity contribution in [2.45, 2.75) is 19.4 Å². The maximum absolute atomic E-state index is 12.0. The average Bonchev–Trinajstić information content (AvgIpc) is 2.38. The van der Waals surface area contributed by atoms with Crippen LogP contribution in [0.15, 0.2) is 24.3 Å². The molecule has 0 aliphatic carbocycles. The van der Waals surface area contributed by atoms with Crippen LogP contribution in [0.2, 0.25) is 0 Å². The largest absolute Gasteiger partial charge is 0.495 e. The van der Waals surface area contributed by atoms with Gasteiger partial charge in [-0.15, -0.1) is 0 Å². The Bertz CT molecular complexity index is 479. The average molecular weight is 295 g/mol. The number of nitrogens with two attached hydrogens (primary N) is 1. The van der Waals surface area contributed by atoms with Gasteiger partial charge in [0.2, 0.25) is 5.91 Å². The summed E-state index contributed by atoms with van der Waals surface area (Å²) in [5.41, 5.74) is 6.17. The van der Waals surface area contributed by atoms with Crippen molar-refractivity contribution < 1.29 is 9.53 Å². The summed E-state index contributed by atoms with van der Waals surface area (Å²) in [4.78, 5) is 14.4. The summed E-state index contributed by atoms with van der Waals surface area (Å²) in [7, 11) is 3.44. The summed E-state index contributed by atoms with van der Waals surface area (Å²) < 4.78 is 5.19. The first-order valence-electron chi connectivity index (χ1n) is 6.35. The zero-order chi connectivity index (χ0) is 15.1. The number of anilines is 1. The monoisotopic (exact) mass is 295 g/mol. The Labute approximate surface area is 125 Å². The molecule has 20 heavy (non-hydrogen) atoms. The van der Waals surface area contributed by atoms with E-state index in [4.69, 9.17) is 22.7 Å². The van der Waals surface area contributed by atoms with E-state index < -0.39 is 0 Å². The van der Waals surface area contributed by atoms with Crippen LogP contribution in [0.25, 0.3) is 0 Å². The Hall–Kier alpha value is -1.66. The van der Waals surface area contributed by atoms with Gasteiger partial charge in [0.15, 0.2) is 0 Å². The van der Waals surface area contributed by atoms with Crippen molar-refractivity contribution in [3.63, 3.8) is 0 Å². The number of hydrogen-bond donors (Lipinski definition) is 2. The number of benzene rings is 1. The van der Waals surface area contributed by atoms with Crippen LogP contribution in [-0.2, 0) is 4.79 Å². The first kappa shape index (κ1) is 16.4. The van der Waals surface area contributed by atoms with Crippen LogP contribution in [-0.4, -0.2) is 42.5 Å². The Morgan fingerprint density at radius 1 is 1.50 bits per heavy atom. The molecular weight excluding hydrogens is 274 g/mol. The zero-order valence-corrected chi connectivity index (χ0v) is 12.9. The number of carbonyl (C=O) groups is 1. The third kappa shape index (κ3) is 5.14. The lowest BCUT2D eigenvalue weighted by atomic mass is 10.2. The minimum Gasteiger partial charge on any atom is -0.495 e. The van der Waals surface area contributed by atoms with Crippen molar-refractivity contribution in [1.82, 2.24) is 4.90 Å². The van der Waals surface area contributed by atoms with Gasteiger partial charge in [-0.1, -0.05) is 24.4 Å². The number of carbonyl (C=O) groups excluding carboxylic acids is 1. The zero-order valence-electron chi connectivity index (χ0n) is 12.1. The number of likely N-dealkylation sites (N-methyl/N-ethyl adjacent to an activating group) is 1. The molecule has 1 aromatic carbocycles. The lowest BCUT2D eigenvalue weighted by molar-refractivity contribution is -0.117. The number of hydrogen-bond acceptors (Lipinski definition) is 4. The highest BCUT2D eigenvalue weighted by atomic mass is 32.1. The first-order chi connectivity index (χ1) is 9.43. The fourth-order valence-electron chi connectivity index (χ4n) is 1.77. The smallest absolute Gasteiger partial charge is 0.238 e. The molecule has 1 atom stereocenters. The number of ether oxygens (including phenoxy) is 1. The minimum absolute atomic E-state index is 0.105. The van der Waals surface area contributed by atoms with E-state index in [0.717, 1.165) is 0 Å². The summed E-state index contributed by atoms with van der Waals surface area (Å²) in [6.45, 7) is 2.25. The van der Waals surface area contributed by atoms with Gasteiger partial charge < -0.3 is 15.8 Å². The van der Waals surface area contributed by atoms with Crippen molar-refractivity contribution in [1.29, 1.82) is 0 Å².